The number of carbonyl (C=O) groups excluding carboxylic acids is 2. The number of fused-ring (bicyclic) bond motifs is 3. The van der Waals surface area contributed by atoms with Crippen molar-refractivity contribution in [2.75, 3.05) is 57.8 Å². The summed E-state index contributed by atoms with van der Waals surface area (Å²) in [6, 6.07) is 16.0. The molecule has 1 aliphatic carbocycles. The molecule has 2 fully saturated rings. The number of ether oxygens (including phenoxy) is 2. The van der Waals surface area contributed by atoms with Crippen LogP contribution < -0.4 is 15.5 Å². The lowest BCUT2D eigenvalue weighted by atomic mass is 9.81. The number of nitrogens with one attached hydrogen (secondary N) is 2. The van der Waals surface area contributed by atoms with Crippen LogP contribution in [-0.4, -0.2) is 76.4 Å². The Labute approximate surface area is 232 Å². The Kier molecular flexibility index (Phi) is 8.72. The maximum atomic E-state index is 14.2. The normalized spacial score (nSPS) is 25.8. The largest absolute Gasteiger partial charge is 0.383 e. The van der Waals surface area contributed by atoms with Crippen LogP contribution in [0.1, 0.15) is 54.1 Å². The van der Waals surface area contributed by atoms with Crippen molar-refractivity contribution in [3.05, 3.63) is 59.7 Å². The summed E-state index contributed by atoms with van der Waals surface area (Å²) in [5, 5.41) is 6.89. The summed E-state index contributed by atoms with van der Waals surface area (Å²) < 4.78 is 10.7. The Hall–Kier alpha value is -3.10. The van der Waals surface area contributed by atoms with Gasteiger partial charge in [-0.15, -0.1) is 0 Å². The van der Waals surface area contributed by atoms with Crippen molar-refractivity contribution in [1.82, 2.24) is 10.2 Å². The molecule has 2 amide bonds. The zero-order valence-electron chi connectivity index (χ0n) is 23.4. The van der Waals surface area contributed by atoms with Crippen molar-refractivity contribution in [3.63, 3.8) is 0 Å². The van der Waals surface area contributed by atoms with Gasteiger partial charge in [0.15, 0.2) is 0 Å². The number of amides is 2. The first-order chi connectivity index (χ1) is 19.0. The summed E-state index contributed by atoms with van der Waals surface area (Å²) in [7, 11) is 5.43. The maximum Gasteiger partial charge on any atom is 0.251 e. The average molecular weight is 535 g/mol. The standard InChI is InChI=1S/C31H42N4O4/c1-34(18-19-38-2)22-14-12-21(13-15-22)30(36)33-27-11-7-5-9-25(27)31(37)35-17-16-24-28(20-39-3)32-26-10-6-4-8-23(26)29(24)35/h4,6,8,10,12-15,24-25,27-29,32H,5,7,9,11,16-20H2,1-3H3,(H,33,36)/t24-,25-,27+,28-,29-/m0/s1. The summed E-state index contributed by atoms with van der Waals surface area (Å²) in [6.45, 7) is 2.77. The van der Waals surface area contributed by atoms with Crippen LogP contribution in [-0.2, 0) is 14.3 Å². The lowest BCUT2D eigenvalue weighted by Crippen LogP contribution is -2.50. The van der Waals surface area contributed by atoms with Gasteiger partial charge >= 0.3 is 0 Å². The molecule has 8 heteroatoms. The minimum absolute atomic E-state index is 0.0380. The van der Waals surface area contributed by atoms with Gasteiger partial charge in [0, 0.05) is 63.3 Å². The molecule has 2 aromatic carbocycles. The lowest BCUT2D eigenvalue weighted by Gasteiger charge is -2.41. The molecule has 1 saturated heterocycles. The molecule has 0 spiro atoms. The van der Waals surface area contributed by atoms with E-state index in [0.717, 1.165) is 56.6 Å². The molecular weight excluding hydrogens is 492 g/mol. The highest BCUT2D eigenvalue weighted by molar-refractivity contribution is 5.95. The first kappa shape index (κ1) is 27.5. The summed E-state index contributed by atoms with van der Waals surface area (Å²) in [4.78, 5) is 31.6. The summed E-state index contributed by atoms with van der Waals surface area (Å²) in [5.74, 6) is 0.165. The van der Waals surface area contributed by atoms with E-state index in [9.17, 15) is 9.59 Å². The van der Waals surface area contributed by atoms with Gasteiger partial charge in [0.05, 0.1) is 31.2 Å². The van der Waals surface area contributed by atoms with Gasteiger partial charge in [0.25, 0.3) is 5.91 Å². The van der Waals surface area contributed by atoms with E-state index in [1.54, 1.807) is 14.2 Å². The van der Waals surface area contributed by atoms with E-state index >= 15 is 0 Å². The van der Waals surface area contributed by atoms with E-state index in [-0.39, 0.29) is 35.9 Å². The second-order valence-corrected chi connectivity index (χ2v) is 11.2. The Morgan fingerprint density at radius 1 is 1.03 bits per heavy atom. The Morgan fingerprint density at radius 2 is 1.79 bits per heavy atom. The van der Waals surface area contributed by atoms with Crippen molar-refractivity contribution < 1.29 is 19.1 Å². The predicted octanol–water partition coefficient (Wildman–Crippen LogP) is 4.09. The molecule has 0 aromatic heterocycles. The van der Waals surface area contributed by atoms with Crippen LogP contribution in [0.15, 0.2) is 48.5 Å². The van der Waals surface area contributed by atoms with Gasteiger partial charge in [-0.3, -0.25) is 9.59 Å². The average Bonchev–Trinajstić information content (AvgIpc) is 3.42. The first-order valence-corrected chi connectivity index (χ1v) is 14.3. The van der Waals surface area contributed by atoms with E-state index in [4.69, 9.17) is 9.47 Å². The number of benzene rings is 2. The number of rotatable bonds is 9. The second-order valence-electron chi connectivity index (χ2n) is 11.2. The van der Waals surface area contributed by atoms with Crippen LogP contribution >= 0.6 is 0 Å². The maximum absolute atomic E-state index is 14.2. The minimum atomic E-state index is -0.205. The number of likely N-dealkylation sites (N-methyl/N-ethyl adjacent to an activating group) is 1. The molecule has 0 unspecified atom stereocenters. The fraction of sp³-hybridized carbons (Fsp3) is 0.548. The van der Waals surface area contributed by atoms with Crippen molar-refractivity contribution in [1.29, 1.82) is 0 Å². The summed E-state index contributed by atoms with van der Waals surface area (Å²) in [5.41, 5.74) is 3.93. The number of carbonyl (C=O) groups is 2. The third-order valence-electron chi connectivity index (χ3n) is 8.81. The molecule has 5 rings (SSSR count). The highest BCUT2D eigenvalue weighted by Crippen LogP contribution is 2.47. The van der Waals surface area contributed by atoms with Gasteiger partial charge in [-0.25, -0.2) is 0 Å². The van der Waals surface area contributed by atoms with E-state index in [0.29, 0.717) is 24.7 Å². The fourth-order valence-corrected chi connectivity index (χ4v) is 6.71. The van der Waals surface area contributed by atoms with Gasteiger partial charge in [0.1, 0.15) is 0 Å². The predicted molar refractivity (Wildman–Crippen MR) is 153 cm³/mol. The number of nitrogens with zero attached hydrogens (tertiary/aromatic N) is 2. The van der Waals surface area contributed by atoms with E-state index in [1.165, 1.54) is 5.56 Å². The molecule has 2 aromatic rings. The molecule has 1 saturated carbocycles. The highest BCUT2D eigenvalue weighted by atomic mass is 16.5. The molecule has 39 heavy (non-hydrogen) atoms. The minimum Gasteiger partial charge on any atom is -0.383 e. The van der Waals surface area contributed by atoms with Crippen LogP contribution in [0.2, 0.25) is 0 Å². The first-order valence-electron chi connectivity index (χ1n) is 14.3. The van der Waals surface area contributed by atoms with E-state index in [1.807, 2.05) is 37.4 Å². The number of methoxy groups -OCH3 is 2. The topological polar surface area (TPSA) is 83.1 Å². The molecule has 5 atom stereocenters. The van der Waals surface area contributed by atoms with Crippen LogP contribution in [0.3, 0.4) is 0 Å². The van der Waals surface area contributed by atoms with Crippen LogP contribution in [0.4, 0.5) is 11.4 Å². The number of para-hydroxylation sites is 1. The van der Waals surface area contributed by atoms with Crippen LogP contribution in [0.25, 0.3) is 0 Å². The second kappa shape index (κ2) is 12.4. The van der Waals surface area contributed by atoms with Gasteiger partial charge in [-0.05, 0) is 55.2 Å². The molecule has 0 radical (unpaired) electrons. The van der Waals surface area contributed by atoms with Crippen LogP contribution in [0.5, 0.6) is 0 Å². The van der Waals surface area contributed by atoms with E-state index in [2.05, 4.69) is 38.6 Å². The van der Waals surface area contributed by atoms with Crippen molar-refractivity contribution in [2.24, 2.45) is 11.8 Å². The number of anilines is 2. The molecule has 3 aliphatic rings. The zero-order chi connectivity index (χ0) is 27.4. The zero-order valence-corrected chi connectivity index (χ0v) is 23.4. The van der Waals surface area contributed by atoms with Crippen molar-refractivity contribution >= 4 is 23.2 Å². The molecule has 2 aliphatic heterocycles. The number of likely N-dealkylation sites (tertiary alicyclic amines) is 1. The molecule has 8 nitrogen and oxygen atoms in total. The highest BCUT2D eigenvalue weighted by Gasteiger charge is 2.48. The molecule has 0 bridgehead atoms. The summed E-state index contributed by atoms with van der Waals surface area (Å²) >= 11 is 0. The van der Waals surface area contributed by atoms with Gasteiger partial charge in [-0.2, -0.15) is 0 Å². The van der Waals surface area contributed by atoms with Gasteiger partial charge in [-0.1, -0.05) is 31.0 Å². The summed E-state index contributed by atoms with van der Waals surface area (Å²) in [6.07, 6.45) is 4.61. The van der Waals surface area contributed by atoms with Gasteiger partial charge < -0.3 is 29.9 Å². The van der Waals surface area contributed by atoms with Crippen molar-refractivity contribution in [3.8, 4) is 0 Å². The fourth-order valence-electron chi connectivity index (χ4n) is 6.71. The Morgan fingerprint density at radius 3 is 2.56 bits per heavy atom. The number of hydrogen-bond donors (Lipinski definition) is 2. The smallest absolute Gasteiger partial charge is 0.251 e. The molecule has 210 valence electrons. The molecule has 2 N–H and O–H groups in total. The SMILES string of the molecule is COCCN(C)c1ccc(C(=O)N[C@@H]2CCCC[C@@H]2C(=O)N2CC[C@H]3[C@H](COC)Nc4ccccc4[C@@H]32)cc1. The van der Waals surface area contributed by atoms with Crippen molar-refractivity contribution in [2.45, 2.75) is 50.2 Å². The number of hydrogen-bond acceptors (Lipinski definition) is 6. The van der Waals surface area contributed by atoms with E-state index < -0.39 is 0 Å². The Balaban J connectivity index is 1.30. The van der Waals surface area contributed by atoms with Crippen LogP contribution in [0, 0.1) is 11.8 Å². The quantitative estimate of drug-likeness (QED) is 0.504. The molecule has 2 heterocycles. The lowest BCUT2D eigenvalue weighted by molar-refractivity contribution is -0.139. The van der Waals surface area contributed by atoms with Gasteiger partial charge in [0.2, 0.25) is 5.91 Å². The Bertz CT molecular complexity index is 1140. The third kappa shape index (κ3) is 5.77. The monoisotopic (exact) mass is 534 g/mol. The molecular formula is C31H42N4O4. The third-order valence-corrected chi connectivity index (χ3v) is 8.81.